The van der Waals surface area contributed by atoms with Crippen molar-refractivity contribution in [3.63, 3.8) is 0 Å². The van der Waals surface area contributed by atoms with Gasteiger partial charge in [-0.05, 0) is 19.1 Å². The minimum absolute atomic E-state index is 0.214. The van der Waals surface area contributed by atoms with Gasteiger partial charge < -0.3 is 10.6 Å². The van der Waals surface area contributed by atoms with Crippen molar-refractivity contribution in [2.75, 3.05) is 13.6 Å². The zero-order valence-corrected chi connectivity index (χ0v) is 10.1. The van der Waals surface area contributed by atoms with E-state index in [4.69, 9.17) is 5.73 Å². The molecule has 0 aliphatic carbocycles. The standard InChI is InChI=1S/C11H14FN3O3/c1-7(6-13)14(2)11(16)9-5-8(12)3-4-10(9)15(17)18/h3-5,7H,6,13H2,1-2H3. The number of amides is 1. The highest BCUT2D eigenvalue weighted by atomic mass is 19.1. The SMILES string of the molecule is CC(CN)N(C)C(=O)c1cc(F)ccc1[N+](=O)[O-]. The average molecular weight is 255 g/mol. The number of hydrogen-bond donors (Lipinski definition) is 1. The summed E-state index contributed by atoms with van der Waals surface area (Å²) in [5.74, 6) is -1.32. The number of carbonyl (C=O) groups excluding carboxylic acids is 1. The number of benzene rings is 1. The van der Waals surface area contributed by atoms with Crippen LogP contribution in [0.3, 0.4) is 0 Å². The Morgan fingerprint density at radius 2 is 2.22 bits per heavy atom. The predicted molar refractivity (Wildman–Crippen MR) is 63.7 cm³/mol. The first-order valence-corrected chi connectivity index (χ1v) is 5.29. The lowest BCUT2D eigenvalue weighted by molar-refractivity contribution is -0.385. The molecular formula is C11H14FN3O3. The summed E-state index contributed by atoms with van der Waals surface area (Å²) in [6.07, 6.45) is 0. The molecule has 0 heterocycles. The number of nitrogens with two attached hydrogens (primary N) is 1. The minimum Gasteiger partial charge on any atom is -0.338 e. The molecule has 1 unspecified atom stereocenters. The summed E-state index contributed by atoms with van der Waals surface area (Å²) < 4.78 is 13.1. The lowest BCUT2D eigenvalue weighted by Gasteiger charge is -2.23. The van der Waals surface area contributed by atoms with Crippen molar-refractivity contribution in [3.8, 4) is 0 Å². The number of nitrogens with zero attached hydrogens (tertiary/aromatic N) is 2. The van der Waals surface area contributed by atoms with Crippen molar-refractivity contribution >= 4 is 11.6 Å². The van der Waals surface area contributed by atoms with Crippen LogP contribution in [0, 0.1) is 15.9 Å². The van der Waals surface area contributed by atoms with Gasteiger partial charge in [-0.2, -0.15) is 0 Å². The van der Waals surface area contributed by atoms with Crippen LogP contribution in [0.4, 0.5) is 10.1 Å². The third-order valence-corrected chi connectivity index (χ3v) is 2.71. The fraction of sp³-hybridized carbons (Fsp3) is 0.364. The van der Waals surface area contributed by atoms with Crippen LogP contribution < -0.4 is 5.73 Å². The molecule has 0 bridgehead atoms. The van der Waals surface area contributed by atoms with Crippen molar-refractivity contribution < 1.29 is 14.1 Å². The maximum atomic E-state index is 13.1. The van der Waals surface area contributed by atoms with Crippen molar-refractivity contribution in [3.05, 3.63) is 39.7 Å². The van der Waals surface area contributed by atoms with E-state index in [9.17, 15) is 19.3 Å². The minimum atomic E-state index is -0.715. The van der Waals surface area contributed by atoms with Crippen LogP contribution in [0.2, 0.25) is 0 Å². The lowest BCUT2D eigenvalue weighted by Crippen LogP contribution is -2.40. The second-order valence-corrected chi connectivity index (χ2v) is 3.92. The van der Waals surface area contributed by atoms with E-state index in [1.165, 1.54) is 11.9 Å². The van der Waals surface area contributed by atoms with Gasteiger partial charge in [0.05, 0.1) is 4.92 Å². The van der Waals surface area contributed by atoms with Gasteiger partial charge in [-0.15, -0.1) is 0 Å². The van der Waals surface area contributed by atoms with Crippen LogP contribution >= 0.6 is 0 Å². The maximum absolute atomic E-state index is 13.1. The zero-order chi connectivity index (χ0) is 13.9. The molecule has 1 atom stereocenters. The quantitative estimate of drug-likeness (QED) is 0.645. The van der Waals surface area contributed by atoms with Crippen LogP contribution in [0.25, 0.3) is 0 Å². The molecule has 0 fully saturated rings. The predicted octanol–water partition coefficient (Wildman–Crippen LogP) is 1.15. The summed E-state index contributed by atoms with van der Waals surface area (Å²) in [6.45, 7) is 1.91. The van der Waals surface area contributed by atoms with Crippen molar-refractivity contribution in [1.82, 2.24) is 4.90 Å². The van der Waals surface area contributed by atoms with Crippen molar-refractivity contribution in [2.45, 2.75) is 13.0 Å². The second-order valence-electron chi connectivity index (χ2n) is 3.92. The first kappa shape index (κ1) is 14.0. The molecule has 98 valence electrons. The fourth-order valence-corrected chi connectivity index (χ4v) is 1.39. The summed E-state index contributed by atoms with van der Waals surface area (Å²) in [5, 5.41) is 10.8. The van der Waals surface area contributed by atoms with Gasteiger partial charge in [0.15, 0.2) is 0 Å². The first-order valence-electron chi connectivity index (χ1n) is 5.29. The topological polar surface area (TPSA) is 89.5 Å². The number of halogens is 1. The molecule has 0 aliphatic rings. The third-order valence-electron chi connectivity index (χ3n) is 2.71. The smallest absolute Gasteiger partial charge is 0.282 e. The molecule has 1 rings (SSSR count). The Hall–Kier alpha value is -2.02. The number of nitro groups is 1. The molecular weight excluding hydrogens is 241 g/mol. The van der Waals surface area contributed by atoms with E-state index in [0.717, 1.165) is 18.2 Å². The van der Waals surface area contributed by atoms with E-state index in [0.29, 0.717) is 0 Å². The summed E-state index contributed by atoms with van der Waals surface area (Å²) in [6, 6.07) is 2.49. The number of nitro benzene ring substituents is 1. The molecule has 7 heteroatoms. The van der Waals surface area contributed by atoms with Crippen LogP contribution in [-0.4, -0.2) is 35.4 Å². The van der Waals surface area contributed by atoms with Gasteiger partial charge in [-0.3, -0.25) is 14.9 Å². The van der Waals surface area contributed by atoms with E-state index in [2.05, 4.69) is 0 Å². The zero-order valence-electron chi connectivity index (χ0n) is 10.1. The Balaban J connectivity index is 3.19. The summed E-state index contributed by atoms with van der Waals surface area (Å²) >= 11 is 0. The van der Waals surface area contributed by atoms with Gasteiger partial charge in [0.25, 0.3) is 11.6 Å². The molecule has 0 aliphatic heterocycles. The number of carbonyl (C=O) groups is 1. The normalized spacial score (nSPS) is 12.0. The molecule has 18 heavy (non-hydrogen) atoms. The Morgan fingerprint density at radius 1 is 1.61 bits per heavy atom. The molecule has 0 spiro atoms. The van der Waals surface area contributed by atoms with Gasteiger partial charge >= 0.3 is 0 Å². The summed E-state index contributed by atoms with van der Waals surface area (Å²) in [7, 11) is 1.47. The first-order chi connectivity index (χ1) is 8.38. The average Bonchev–Trinajstić information content (AvgIpc) is 2.35. The molecule has 0 radical (unpaired) electrons. The molecule has 1 aromatic carbocycles. The van der Waals surface area contributed by atoms with E-state index in [1.807, 2.05) is 0 Å². The Bertz CT molecular complexity index is 479. The highest BCUT2D eigenvalue weighted by molar-refractivity contribution is 5.98. The van der Waals surface area contributed by atoms with Crippen LogP contribution in [0.15, 0.2) is 18.2 Å². The van der Waals surface area contributed by atoms with Crippen molar-refractivity contribution in [2.24, 2.45) is 5.73 Å². The summed E-state index contributed by atoms with van der Waals surface area (Å²) in [5.41, 5.74) is 4.72. The van der Waals surface area contributed by atoms with E-state index in [-0.39, 0.29) is 18.2 Å². The molecule has 0 saturated carbocycles. The number of rotatable bonds is 4. The van der Waals surface area contributed by atoms with E-state index >= 15 is 0 Å². The van der Waals surface area contributed by atoms with E-state index in [1.54, 1.807) is 6.92 Å². The summed E-state index contributed by atoms with van der Waals surface area (Å²) in [4.78, 5) is 23.3. The Kier molecular flexibility index (Phi) is 4.33. The highest BCUT2D eigenvalue weighted by Gasteiger charge is 2.25. The number of likely N-dealkylation sites (N-methyl/N-ethyl adjacent to an activating group) is 1. The van der Waals surface area contributed by atoms with Gasteiger partial charge in [0.1, 0.15) is 11.4 Å². The van der Waals surface area contributed by atoms with Crippen LogP contribution in [-0.2, 0) is 0 Å². The monoisotopic (exact) mass is 255 g/mol. The van der Waals surface area contributed by atoms with Gasteiger partial charge in [0, 0.05) is 25.7 Å². The van der Waals surface area contributed by atoms with Crippen LogP contribution in [0.5, 0.6) is 0 Å². The Morgan fingerprint density at radius 3 is 2.72 bits per heavy atom. The lowest BCUT2D eigenvalue weighted by atomic mass is 10.1. The van der Waals surface area contributed by atoms with E-state index < -0.39 is 22.3 Å². The maximum Gasteiger partial charge on any atom is 0.282 e. The van der Waals surface area contributed by atoms with Gasteiger partial charge in [-0.25, -0.2) is 4.39 Å². The molecule has 2 N–H and O–H groups in total. The van der Waals surface area contributed by atoms with Crippen molar-refractivity contribution in [1.29, 1.82) is 0 Å². The molecule has 0 aromatic heterocycles. The highest BCUT2D eigenvalue weighted by Crippen LogP contribution is 2.21. The van der Waals surface area contributed by atoms with Gasteiger partial charge in [0.2, 0.25) is 0 Å². The fourth-order valence-electron chi connectivity index (χ4n) is 1.39. The number of hydrogen-bond acceptors (Lipinski definition) is 4. The second kappa shape index (κ2) is 5.54. The molecule has 1 aromatic rings. The van der Waals surface area contributed by atoms with Gasteiger partial charge in [-0.1, -0.05) is 0 Å². The molecule has 1 amide bonds. The Labute approximate surface area is 103 Å². The largest absolute Gasteiger partial charge is 0.338 e. The van der Waals surface area contributed by atoms with Crippen LogP contribution in [0.1, 0.15) is 17.3 Å². The molecule has 6 nitrogen and oxygen atoms in total. The molecule has 0 saturated heterocycles. The third kappa shape index (κ3) is 2.80.